The van der Waals surface area contributed by atoms with Gasteiger partial charge in [0.05, 0.1) is 101 Å². The molecule has 40 nitrogen and oxygen atoms in total. The van der Waals surface area contributed by atoms with E-state index in [1.165, 1.54) is 24.3 Å². The molecule has 0 saturated heterocycles. The van der Waals surface area contributed by atoms with Gasteiger partial charge in [0.1, 0.15) is 66.9 Å². The van der Waals surface area contributed by atoms with Crippen LogP contribution in [0.15, 0.2) is 145 Å². The third kappa shape index (κ3) is 17.5. The predicted octanol–water partition coefficient (Wildman–Crippen LogP) is 11.8. The van der Waals surface area contributed by atoms with Gasteiger partial charge in [-0.25, -0.2) is 19.9 Å². The fraction of sp³-hybridized carbons (Fsp3) is 0.495. The minimum atomic E-state index is -0.104. The molecular formula is C95H122N28O12. The van der Waals surface area contributed by atoms with E-state index in [9.17, 15) is 38.4 Å². The fourth-order valence-electron chi connectivity index (χ4n) is 20.9. The van der Waals surface area contributed by atoms with Crippen LogP contribution in [0.1, 0.15) is 185 Å². The molecule has 714 valence electrons. The molecule has 135 heavy (non-hydrogen) atoms. The maximum absolute atomic E-state index is 13.9. The number of hydrogen-bond acceptors (Lipinski definition) is 24. The molecule has 0 spiro atoms. The van der Waals surface area contributed by atoms with Crippen molar-refractivity contribution < 1.29 is 38.1 Å². The van der Waals surface area contributed by atoms with Crippen molar-refractivity contribution in [2.75, 3.05) is 77.9 Å². The average molecular weight is 1850 g/mol. The molecule has 9 fully saturated rings. The van der Waals surface area contributed by atoms with E-state index < -0.39 is 0 Å². The molecule has 4 N–H and O–H groups in total. The van der Waals surface area contributed by atoms with Gasteiger partial charge in [-0.3, -0.25) is 57.1 Å². The maximum Gasteiger partial charge on any atom is 0.277 e. The van der Waals surface area contributed by atoms with E-state index >= 15 is 0 Å². The maximum atomic E-state index is 13.9. The smallest absolute Gasteiger partial charge is 0.277 e. The normalized spacial score (nSPS) is 21.4. The summed E-state index contributed by atoms with van der Waals surface area (Å²) in [5.74, 6) is 2.26. The summed E-state index contributed by atoms with van der Waals surface area (Å²) in [6.07, 6.45) is 45.4. The highest BCUT2D eigenvalue weighted by atomic mass is 16.5. The molecule has 12 aromatic rings. The molecule has 8 unspecified atom stereocenters. The number of hydrogen-bond donors (Lipinski definition) is 4. The van der Waals surface area contributed by atoms with Crippen LogP contribution in [0.2, 0.25) is 0 Å². The van der Waals surface area contributed by atoms with Gasteiger partial charge in [0.25, 0.3) is 45.8 Å². The third-order valence-corrected chi connectivity index (χ3v) is 28.9. The lowest BCUT2D eigenvalue weighted by Crippen LogP contribution is -2.59. The van der Waals surface area contributed by atoms with Gasteiger partial charge in [-0.1, -0.05) is 26.3 Å². The zero-order chi connectivity index (χ0) is 95.6. The number of carbonyl (C=O) groups is 4. The number of nitrogens with one attached hydrogen (secondary N) is 4. The molecule has 0 aliphatic heterocycles. The molecule has 8 atom stereocenters. The number of rotatable bonds is 28. The first-order valence-electron chi connectivity index (χ1n) is 46.3. The Labute approximate surface area is 779 Å². The Morgan fingerprint density at radius 1 is 0.370 bits per heavy atom. The number of fused-ring (bicyclic) bond motifs is 4. The van der Waals surface area contributed by atoms with Gasteiger partial charge < -0.3 is 96.4 Å². The molecule has 9 aliphatic rings. The fourth-order valence-corrected chi connectivity index (χ4v) is 20.9. The van der Waals surface area contributed by atoms with Crippen LogP contribution >= 0.6 is 0 Å². The molecule has 9 saturated carbocycles. The van der Waals surface area contributed by atoms with Crippen molar-refractivity contribution in [3.8, 4) is 23.5 Å². The van der Waals surface area contributed by atoms with Gasteiger partial charge in [0.2, 0.25) is 23.6 Å². The van der Waals surface area contributed by atoms with Crippen molar-refractivity contribution >= 4 is 113 Å². The summed E-state index contributed by atoms with van der Waals surface area (Å²) in [7, 11) is 20.8. The number of carbonyl (C=O) groups excluding carboxylic acids is 4. The number of aryl methyl sites for hydroxylation is 4. The molecule has 21 rings (SSSR count). The van der Waals surface area contributed by atoms with Crippen molar-refractivity contribution in [3.05, 3.63) is 167 Å². The second-order valence-corrected chi connectivity index (χ2v) is 37.5. The van der Waals surface area contributed by atoms with Crippen LogP contribution < -0.4 is 62.5 Å². The number of nitrogens with zero attached hydrogens (tertiary/aromatic N) is 24. The van der Waals surface area contributed by atoms with Crippen molar-refractivity contribution in [2.24, 2.45) is 34.1 Å². The van der Waals surface area contributed by atoms with Crippen molar-refractivity contribution in [1.82, 2.24) is 115 Å². The zero-order valence-corrected chi connectivity index (χ0v) is 79.3. The molecule has 12 heterocycles. The highest BCUT2D eigenvalue weighted by Crippen LogP contribution is 2.63. The summed E-state index contributed by atoms with van der Waals surface area (Å²) in [5.41, 5.74) is 10.6. The first-order valence-corrected chi connectivity index (χ1v) is 46.3. The van der Waals surface area contributed by atoms with E-state index in [4.69, 9.17) is 23.9 Å². The minimum absolute atomic E-state index is 0.00846. The number of methoxy groups -OCH3 is 4. The lowest BCUT2D eigenvalue weighted by atomic mass is 9.49. The standard InChI is InChI=1S/C25H31N7O3.C24H31N7O3.C23H29N7O3.C23H31N7O3/c1-5-20(33)30(3)16-6-7-17(8-16)31-13-18(27-19-12-29(2)28-23(19)35-4)21-22(24(31)34)32(14-26-21)25-9-15(10-25)11-25;1-5-20(32)29(3)16-9-10-17(11-16)30-13-18(26-19-12-28(2)27-23(19)34-4)21-22(24(30)33)31(14-25-21)15-7-6-8-15;1-5-19(31)28(3)15-8-9-16(10-15)29-12-17(25-18-11-27(2)26-22(18)33-4)20-21(23(29)32)30(13-24-20)14-6-7-14;1-7-19(31)28(5)15-8-9-16(10-15)29-12-17(25-18-11-27(4)26-22(18)33-6)20-21(23(29)32)30(13-24-20)14(2)3/h5,12-17,27H,1,6-11H2,2-4H3;5,12-17,26H,1,6-11H2,2-4H3;5,11-16,25H,1,6-10H2,2-4H3;7,11-16,25H,1,8-10H2,2-6H3. The second-order valence-electron chi connectivity index (χ2n) is 37.5. The summed E-state index contributed by atoms with van der Waals surface area (Å²) in [6, 6.07) is 0.938. The molecule has 4 amide bonds. The number of pyridine rings is 4. The van der Waals surface area contributed by atoms with Gasteiger partial charge in [-0.05, 0) is 172 Å². The summed E-state index contributed by atoms with van der Waals surface area (Å²) in [6.45, 7) is 18.4. The van der Waals surface area contributed by atoms with E-state index in [2.05, 4.69) is 87.5 Å². The summed E-state index contributed by atoms with van der Waals surface area (Å²) < 4.78 is 43.7. The van der Waals surface area contributed by atoms with Gasteiger partial charge in [0, 0.05) is 153 Å². The van der Waals surface area contributed by atoms with E-state index in [0.717, 1.165) is 132 Å². The Morgan fingerprint density at radius 2 is 0.644 bits per heavy atom. The largest absolute Gasteiger partial charge is 0.478 e. The number of likely N-dealkylation sites (N-methyl/N-ethyl adjacent to an activating group) is 4. The number of amides is 4. The number of anilines is 8. The number of imidazole rings is 4. The molecule has 12 aromatic heterocycles. The molecule has 0 aromatic carbocycles. The lowest BCUT2D eigenvalue weighted by molar-refractivity contribution is -0.127. The van der Waals surface area contributed by atoms with Crippen molar-refractivity contribution in [2.45, 2.75) is 214 Å². The average Bonchev–Trinajstić information content (AvgIpc) is 1.65. The van der Waals surface area contributed by atoms with E-state index in [1.807, 2.05) is 132 Å². The highest BCUT2D eigenvalue weighted by Gasteiger charge is 2.59. The Kier molecular flexibility index (Phi) is 25.8. The Bertz CT molecular complexity index is 6640. The zero-order valence-electron chi connectivity index (χ0n) is 79.3. The highest BCUT2D eigenvalue weighted by molar-refractivity contribution is 5.94. The SMILES string of the molecule is C=CC(=O)N(C)C1CCC(n2cc(Nc3cn(C)nc3OC)c3ncn(C(C)C)c3c2=O)C1.C=CC(=O)N(C)C1CCC(n2cc(Nc3cn(C)nc3OC)c3ncn(C45CC(C4)C5)c3c2=O)C1.C=CC(=O)N(C)C1CCC(n2cc(Nc3cn(C)nc3OC)c3ncn(C4CC4)c3c2=O)C1.C=CC(=O)N(C)C1CCC(n2cc(Nc3cn(C)nc3OC)c3ncn(C4CCC4)c3c2=O)C1. The van der Waals surface area contributed by atoms with Crippen molar-refractivity contribution in [1.29, 1.82) is 0 Å². The van der Waals surface area contributed by atoms with Gasteiger partial charge in [-0.2, -0.15) is 0 Å². The van der Waals surface area contributed by atoms with Crippen LogP contribution in [0.5, 0.6) is 23.5 Å². The molecule has 40 heteroatoms. The number of ether oxygens (including phenoxy) is 4. The van der Waals surface area contributed by atoms with Gasteiger partial charge in [0.15, 0.2) is 0 Å². The van der Waals surface area contributed by atoms with E-state index in [0.29, 0.717) is 127 Å². The van der Waals surface area contributed by atoms with Crippen LogP contribution in [0, 0.1) is 5.92 Å². The van der Waals surface area contributed by atoms with Gasteiger partial charge in [-0.15, -0.1) is 20.4 Å². The summed E-state index contributed by atoms with van der Waals surface area (Å²) >= 11 is 0. The lowest BCUT2D eigenvalue weighted by Gasteiger charge is -2.62. The van der Waals surface area contributed by atoms with Gasteiger partial charge >= 0.3 is 0 Å². The van der Waals surface area contributed by atoms with Crippen molar-refractivity contribution in [3.63, 3.8) is 0 Å². The van der Waals surface area contributed by atoms with Crippen LogP contribution in [-0.4, -0.2) is 220 Å². The first-order chi connectivity index (χ1) is 64.9. The third-order valence-electron chi connectivity index (χ3n) is 28.9. The predicted molar refractivity (Wildman–Crippen MR) is 514 cm³/mol. The van der Waals surface area contributed by atoms with Crippen LogP contribution in [0.4, 0.5) is 45.5 Å². The minimum Gasteiger partial charge on any atom is -0.478 e. The van der Waals surface area contributed by atoms with E-state index in [-0.39, 0.29) is 106 Å². The van der Waals surface area contributed by atoms with Crippen LogP contribution in [0.25, 0.3) is 44.1 Å². The number of aromatic nitrogens is 20. The Hall–Kier alpha value is -14.2. The Morgan fingerprint density at radius 3 is 0.919 bits per heavy atom. The first kappa shape index (κ1) is 92.6. The topological polar surface area (TPSA) is 397 Å². The summed E-state index contributed by atoms with van der Waals surface area (Å²) in [5, 5.41) is 30.9. The van der Waals surface area contributed by atoms with E-state index in [1.54, 1.807) is 111 Å². The molecule has 9 aliphatic carbocycles. The quantitative estimate of drug-likeness (QED) is 0.0331. The van der Waals surface area contributed by atoms with Crippen LogP contribution in [0.3, 0.4) is 0 Å². The summed E-state index contributed by atoms with van der Waals surface area (Å²) in [4.78, 5) is 129. The molecular weight excluding hydrogens is 1730 g/mol. The Balaban J connectivity index is 0.000000125. The van der Waals surface area contributed by atoms with Crippen LogP contribution in [-0.2, 0) is 52.9 Å². The molecule has 2 bridgehead atoms. The second kappa shape index (κ2) is 37.7. The molecule has 0 radical (unpaired) electrons. The monoisotopic (exact) mass is 1850 g/mol.